The average Bonchev–Trinajstić information content (AvgIpc) is 2.52. The fraction of sp³-hybridized carbons (Fsp3) is 0.526. The Morgan fingerprint density at radius 1 is 1.25 bits per heavy atom. The molecule has 1 aromatic rings. The Balaban J connectivity index is 1.68. The van der Waals surface area contributed by atoms with Gasteiger partial charge in [-0.2, -0.15) is 0 Å². The van der Waals surface area contributed by atoms with Gasteiger partial charge < -0.3 is 14.4 Å². The van der Waals surface area contributed by atoms with E-state index in [1.807, 2.05) is 57.2 Å². The molecule has 1 aromatic carbocycles. The Bertz CT molecular complexity index is 555. The van der Waals surface area contributed by atoms with Crippen LogP contribution in [-0.4, -0.2) is 42.4 Å². The van der Waals surface area contributed by atoms with Crippen LogP contribution >= 0.6 is 11.6 Å². The fourth-order valence-electron chi connectivity index (χ4n) is 2.48. The number of carbonyl (C=O) groups is 1. The highest BCUT2D eigenvalue weighted by molar-refractivity contribution is 6.30. The van der Waals surface area contributed by atoms with Crippen molar-refractivity contribution >= 4 is 23.8 Å². The van der Waals surface area contributed by atoms with E-state index < -0.39 is 5.60 Å². The standard InChI is InChI=1S/C19H26ClNO3/c1-19(2,3)24-18(22)21-12-10-17(11-13-21)23-14-4-5-15-6-8-16(20)9-7-15/h4-9,17H,10-14H2,1-3H3. The molecule has 24 heavy (non-hydrogen) atoms. The van der Waals surface area contributed by atoms with E-state index >= 15 is 0 Å². The summed E-state index contributed by atoms with van der Waals surface area (Å²) in [6.45, 7) is 7.58. The molecule has 0 saturated carbocycles. The van der Waals surface area contributed by atoms with Crippen LogP contribution in [0.3, 0.4) is 0 Å². The first-order valence-electron chi connectivity index (χ1n) is 8.35. The number of piperidine rings is 1. The Kier molecular flexibility index (Phi) is 6.69. The van der Waals surface area contributed by atoms with Crippen molar-refractivity contribution in [3.05, 3.63) is 40.9 Å². The summed E-state index contributed by atoms with van der Waals surface area (Å²) in [6.07, 6.45) is 5.67. The highest BCUT2D eigenvalue weighted by atomic mass is 35.5. The molecule has 0 atom stereocenters. The lowest BCUT2D eigenvalue weighted by Gasteiger charge is -2.33. The molecule has 5 heteroatoms. The molecule has 1 aliphatic heterocycles. The van der Waals surface area contributed by atoms with Gasteiger partial charge in [0.15, 0.2) is 0 Å². The summed E-state index contributed by atoms with van der Waals surface area (Å²) < 4.78 is 11.3. The minimum Gasteiger partial charge on any atom is -0.444 e. The highest BCUT2D eigenvalue weighted by Crippen LogP contribution is 2.17. The zero-order valence-corrected chi connectivity index (χ0v) is 15.4. The lowest BCUT2D eigenvalue weighted by molar-refractivity contribution is -0.00463. The van der Waals surface area contributed by atoms with Crippen molar-refractivity contribution in [2.45, 2.75) is 45.3 Å². The molecule has 4 nitrogen and oxygen atoms in total. The van der Waals surface area contributed by atoms with Crippen LogP contribution in [-0.2, 0) is 9.47 Å². The van der Waals surface area contributed by atoms with Gasteiger partial charge in [0.05, 0.1) is 12.7 Å². The van der Waals surface area contributed by atoms with E-state index in [1.54, 1.807) is 4.90 Å². The number of amides is 1. The lowest BCUT2D eigenvalue weighted by atomic mass is 10.1. The second-order valence-electron chi connectivity index (χ2n) is 6.95. The van der Waals surface area contributed by atoms with Crippen molar-refractivity contribution in [2.24, 2.45) is 0 Å². The van der Waals surface area contributed by atoms with Crippen LogP contribution in [0.25, 0.3) is 6.08 Å². The normalized spacial score (nSPS) is 16.6. The number of ether oxygens (including phenoxy) is 2. The topological polar surface area (TPSA) is 38.8 Å². The second kappa shape index (κ2) is 8.54. The van der Waals surface area contributed by atoms with Crippen LogP contribution in [0.4, 0.5) is 4.79 Å². The molecule has 0 spiro atoms. The largest absolute Gasteiger partial charge is 0.444 e. The van der Waals surface area contributed by atoms with Crippen molar-refractivity contribution < 1.29 is 14.3 Å². The summed E-state index contributed by atoms with van der Waals surface area (Å²) in [7, 11) is 0. The van der Waals surface area contributed by atoms with Crippen LogP contribution in [0.1, 0.15) is 39.2 Å². The zero-order valence-electron chi connectivity index (χ0n) is 14.6. The Hall–Kier alpha value is -1.52. The van der Waals surface area contributed by atoms with E-state index in [4.69, 9.17) is 21.1 Å². The van der Waals surface area contributed by atoms with Crippen molar-refractivity contribution in [1.82, 2.24) is 4.90 Å². The van der Waals surface area contributed by atoms with Gasteiger partial charge in [-0.3, -0.25) is 0 Å². The van der Waals surface area contributed by atoms with Gasteiger partial charge in [0.1, 0.15) is 5.60 Å². The van der Waals surface area contributed by atoms with Gasteiger partial charge in [-0.1, -0.05) is 35.9 Å². The van der Waals surface area contributed by atoms with Crippen molar-refractivity contribution in [3.63, 3.8) is 0 Å². The number of halogens is 1. The third kappa shape index (κ3) is 6.54. The number of likely N-dealkylation sites (tertiary alicyclic amines) is 1. The van der Waals surface area contributed by atoms with Crippen molar-refractivity contribution in [2.75, 3.05) is 19.7 Å². The molecule has 1 saturated heterocycles. The maximum Gasteiger partial charge on any atom is 0.410 e. The molecule has 0 unspecified atom stereocenters. The summed E-state index contributed by atoms with van der Waals surface area (Å²) in [4.78, 5) is 13.8. The first-order valence-corrected chi connectivity index (χ1v) is 8.73. The molecule has 0 radical (unpaired) electrons. The smallest absolute Gasteiger partial charge is 0.410 e. The van der Waals surface area contributed by atoms with Crippen LogP contribution in [0.15, 0.2) is 30.3 Å². The monoisotopic (exact) mass is 351 g/mol. The van der Waals surface area contributed by atoms with E-state index in [9.17, 15) is 4.79 Å². The molecule has 0 aromatic heterocycles. The predicted octanol–water partition coefficient (Wildman–Crippen LogP) is 4.77. The maximum atomic E-state index is 12.0. The fourth-order valence-corrected chi connectivity index (χ4v) is 2.61. The minimum absolute atomic E-state index is 0.193. The lowest BCUT2D eigenvalue weighted by Crippen LogP contribution is -2.43. The van der Waals surface area contributed by atoms with Gasteiger partial charge in [-0.15, -0.1) is 0 Å². The summed E-state index contributed by atoms with van der Waals surface area (Å²) in [6, 6.07) is 7.68. The Morgan fingerprint density at radius 2 is 1.88 bits per heavy atom. The van der Waals surface area contributed by atoms with Gasteiger partial charge in [-0.05, 0) is 51.3 Å². The third-order valence-corrected chi connectivity index (χ3v) is 3.95. The number of benzene rings is 1. The van der Waals surface area contributed by atoms with Crippen LogP contribution in [0.2, 0.25) is 5.02 Å². The molecule has 1 amide bonds. The maximum absolute atomic E-state index is 12.0. The molecule has 0 bridgehead atoms. The molecule has 0 N–H and O–H groups in total. The molecule has 132 valence electrons. The molecular formula is C19H26ClNO3. The van der Waals surface area contributed by atoms with E-state index in [1.165, 1.54) is 0 Å². The SMILES string of the molecule is CC(C)(C)OC(=O)N1CCC(OCC=Cc2ccc(Cl)cc2)CC1. The van der Waals surface area contributed by atoms with Crippen molar-refractivity contribution in [1.29, 1.82) is 0 Å². The molecule has 0 aliphatic carbocycles. The second-order valence-corrected chi connectivity index (χ2v) is 7.39. The summed E-state index contributed by atoms with van der Waals surface area (Å²) >= 11 is 5.86. The van der Waals surface area contributed by atoms with Gasteiger partial charge in [-0.25, -0.2) is 4.79 Å². The number of rotatable bonds is 4. The summed E-state index contributed by atoms with van der Waals surface area (Å²) in [5, 5.41) is 0.736. The highest BCUT2D eigenvalue weighted by Gasteiger charge is 2.26. The summed E-state index contributed by atoms with van der Waals surface area (Å²) in [5.41, 5.74) is 0.652. The predicted molar refractivity (Wildman–Crippen MR) is 97.3 cm³/mol. The van der Waals surface area contributed by atoms with Gasteiger partial charge >= 0.3 is 6.09 Å². The van der Waals surface area contributed by atoms with Gasteiger partial charge in [0, 0.05) is 18.1 Å². The first-order chi connectivity index (χ1) is 11.3. The van der Waals surface area contributed by atoms with Crippen molar-refractivity contribution in [3.8, 4) is 0 Å². The van der Waals surface area contributed by atoms with Crippen LogP contribution in [0.5, 0.6) is 0 Å². The van der Waals surface area contributed by atoms with E-state index in [0.29, 0.717) is 19.7 Å². The number of hydrogen-bond donors (Lipinski definition) is 0. The Morgan fingerprint density at radius 3 is 2.46 bits per heavy atom. The summed E-state index contributed by atoms with van der Waals surface area (Å²) in [5.74, 6) is 0. The Labute approximate surface area is 149 Å². The molecule has 1 fully saturated rings. The van der Waals surface area contributed by atoms with E-state index in [0.717, 1.165) is 23.4 Å². The molecule has 2 rings (SSSR count). The van der Waals surface area contributed by atoms with E-state index in [2.05, 4.69) is 0 Å². The average molecular weight is 352 g/mol. The number of nitrogens with zero attached hydrogens (tertiary/aromatic N) is 1. The minimum atomic E-state index is -0.448. The quantitative estimate of drug-likeness (QED) is 0.784. The number of hydrogen-bond acceptors (Lipinski definition) is 3. The first kappa shape index (κ1) is 18.8. The zero-order chi connectivity index (χ0) is 17.6. The molecule has 1 heterocycles. The van der Waals surface area contributed by atoms with Crippen LogP contribution in [0, 0.1) is 0 Å². The van der Waals surface area contributed by atoms with Gasteiger partial charge in [0.2, 0.25) is 0 Å². The third-order valence-electron chi connectivity index (χ3n) is 3.70. The van der Waals surface area contributed by atoms with E-state index in [-0.39, 0.29) is 12.2 Å². The number of carbonyl (C=O) groups excluding carboxylic acids is 1. The molecule has 1 aliphatic rings. The van der Waals surface area contributed by atoms with Gasteiger partial charge in [0.25, 0.3) is 0 Å². The van der Waals surface area contributed by atoms with Crippen LogP contribution < -0.4 is 0 Å². The molecular weight excluding hydrogens is 326 g/mol.